The third kappa shape index (κ3) is 2.58. The number of nitrogens with zero attached hydrogens (tertiary/aromatic N) is 1. The molecule has 0 fully saturated rings. The van der Waals surface area contributed by atoms with Crippen molar-refractivity contribution in [1.29, 1.82) is 0 Å². The molecule has 1 heterocycles. The number of anilines is 2. The van der Waals surface area contributed by atoms with Crippen LogP contribution in [0, 0.1) is 0 Å². The van der Waals surface area contributed by atoms with Crippen LogP contribution in [0.25, 0.3) is 0 Å². The van der Waals surface area contributed by atoms with Crippen molar-refractivity contribution in [3.05, 3.63) is 57.6 Å². The summed E-state index contributed by atoms with van der Waals surface area (Å²) in [6, 6.07) is 11.9. The zero-order valence-corrected chi connectivity index (χ0v) is 12.6. The maximum atomic E-state index is 6.29. The Labute approximate surface area is 129 Å². The average Bonchev–Trinajstić information content (AvgIpc) is 2.44. The van der Waals surface area contributed by atoms with Crippen molar-refractivity contribution in [3.63, 3.8) is 0 Å². The summed E-state index contributed by atoms with van der Waals surface area (Å²) in [4.78, 5) is 2.33. The van der Waals surface area contributed by atoms with Gasteiger partial charge in [-0.05, 0) is 42.2 Å². The fraction of sp³-hybridized carbons (Fsp3) is 0.250. The Morgan fingerprint density at radius 1 is 1.15 bits per heavy atom. The number of fused-ring (bicyclic) bond motifs is 1. The molecule has 104 valence electrons. The highest BCUT2D eigenvalue weighted by molar-refractivity contribution is 6.42. The van der Waals surface area contributed by atoms with Crippen LogP contribution in [0.1, 0.15) is 17.5 Å². The van der Waals surface area contributed by atoms with E-state index in [1.54, 1.807) is 0 Å². The Kier molecular flexibility index (Phi) is 3.77. The molecule has 0 saturated heterocycles. The Hall–Kier alpha value is -1.38. The molecule has 2 N–H and O–H groups in total. The van der Waals surface area contributed by atoms with Gasteiger partial charge in [0.1, 0.15) is 0 Å². The van der Waals surface area contributed by atoms with Crippen molar-refractivity contribution in [3.8, 4) is 0 Å². The maximum Gasteiger partial charge on any atom is 0.0642 e. The number of aryl methyl sites for hydroxylation is 1. The van der Waals surface area contributed by atoms with Crippen LogP contribution in [0.4, 0.5) is 11.4 Å². The largest absolute Gasteiger partial charge is 0.399 e. The second-order valence-electron chi connectivity index (χ2n) is 5.13. The molecule has 0 atom stereocenters. The van der Waals surface area contributed by atoms with Gasteiger partial charge in [0.15, 0.2) is 0 Å². The highest BCUT2D eigenvalue weighted by Crippen LogP contribution is 2.33. The Morgan fingerprint density at radius 2 is 2.00 bits per heavy atom. The summed E-state index contributed by atoms with van der Waals surface area (Å²) < 4.78 is 0. The number of hydrogen-bond acceptors (Lipinski definition) is 2. The topological polar surface area (TPSA) is 29.3 Å². The summed E-state index contributed by atoms with van der Waals surface area (Å²) in [7, 11) is 0. The van der Waals surface area contributed by atoms with Gasteiger partial charge in [0.2, 0.25) is 0 Å². The van der Waals surface area contributed by atoms with E-state index in [1.165, 1.54) is 11.3 Å². The van der Waals surface area contributed by atoms with Crippen LogP contribution in [0.5, 0.6) is 0 Å². The molecule has 0 saturated carbocycles. The Balaban J connectivity index is 1.93. The van der Waals surface area contributed by atoms with E-state index in [9.17, 15) is 0 Å². The van der Waals surface area contributed by atoms with Gasteiger partial charge in [-0.3, -0.25) is 0 Å². The summed E-state index contributed by atoms with van der Waals surface area (Å²) in [6.07, 6.45) is 2.25. The fourth-order valence-corrected chi connectivity index (χ4v) is 3.09. The normalized spacial score (nSPS) is 14.2. The van der Waals surface area contributed by atoms with Gasteiger partial charge >= 0.3 is 0 Å². The molecule has 0 radical (unpaired) electrons. The van der Waals surface area contributed by atoms with Crippen LogP contribution in [0.3, 0.4) is 0 Å². The van der Waals surface area contributed by atoms with Crippen molar-refractivity contribution in [2.24, 2.45) is 0 Å². The van der Waals surface area contributed by atoms with Crippen LogP contribution in [-0.2, 0) is 13.0 Å². The molecule has 4 heteroatoms. The van der Waals surface area contributed by atoms with Crippen LogP contribution >= 0.6 is 23.2 Å². The maximum absolute atomic E-state index is 6.29. The van der Waals surface area contributed by atoms with E-state index in [2.05, 4.69) is 11.0 Å². The van der Waals surface area contributed by atoms with Gasteiger partial charge in [-0.25, -0.2) is 0 Å². The van der Waals surface area contributed by atoms with E-state index in [0.717, 1.165) is 37.2 Å². The molecular weight excluding hydrogens is 291 g/mol. The molecule has 0 bridgehead atoms. The van der Waals surface area contributed by atoms with Gasteiger partial charge in [-0.15, -0.1) is 0 Å². The summed E-state index contributed by atoms with van der Waals surface area (Å²) in [5.41, 5.74) is 10.3. The predicted molar refractivity (Wildman–Crippen MR) is 86.7 cm³/mol. The number of rotatable bonds is 2. The lowest BCUT2D eigenvalue weighted by atomic mass is 10.0. The third-order valence-electron chi connectivity index (χ3n) is 3.72. The Bertz CT molecular complexity index is 640. The number of nitrogen functional groups attached to an aromatic ring is 1. The fourth-order valence-electron chi connectivity index (χ4n) is 2.71. The van der Waals surface area contributed by atoms with E-state index in [0.29, 0.717) is 10.0 Å². The minimum absolute atomic E-state index is 0.606. The van der Waals surface area contributed by atoms with Crippen LogP contribution in [0.15, 0.2) is 36.4 Å². The van der Waals surface area contributed by atoms with E-state index in [-0.39, 0.29) is 0 Å². The molecule has 0 spiro atoms. The molecule has 2 nitrogen and oxygen atoms in total. The summed E-state index contributed by atoms with van der Waals surface area (Å²) in [5.74, 6) is 0. The minimum Gasteiger partial charge on any atom is -0.399 e. The van der Waals surface area contributed by atoms with Crippen molar-refractivity contribution in [2.75, 3.05) is 17.2 Å². The van der Waals surface area contributed by atoms with Crippen molar-refractivity contribution < 1.29 is 0 Å². The molecule has 3 rings (SSSR count). The first kappa shape index (κ1) is 13.6. The third-order valence-corrected chi connectivity index (χ3v) is 4.58. The zero-order chi connectivity index (χ0) is 14.1. The van der Waals surface area contributed by atoms with E-state index < -0.39 is 0 Å². The lowest BCUT2D eigenvalue weighted by Crippen LogP contribution is -2.29. The molecule has 0 amide bonds. The number of halogens is 2. The van der Waals surface area contributed by atoms with Gasteiger partial charge < -0.3 is 10.6 Å². The van der Waals surface area contributed by atoms with E-state index in [1.807, 2.05) is 30.3 Å². The molecule has 0 aliphatic carbocycles. The van der Waals surface area contributed by atoms with Gasteiger partial charge in [-0.1, -0.05) is 41.4 Å². The predicted octanol–water partition coefficient (Wildman–Crippen LogP) is 4.53. The molecule has 2 aromatic carbocycles. The summed E-state index contributed by atoms with van der Waals surface area (Å²) in [5, 5.41) is 1.25. The second kappa shape index (κ2) is 5.55. The first-order chi connectivity index (χ1) is 9.65. The SMILES string of the molecule is Nc1ccc2c(c1)N(Cc1cccc(Cl)c1Cl)CCC2. The van der Waals surface area contributed by atoms with E-state index in [4.69, 9.17) is 28.9 Å². The lowest BCUT2D eigenvalue weighted by molar-refractivity contribution is 0.691. The standard InChI is InChI=1S/C16H16Cl2N2/c17-14-5-1-3-12(16(14)18)10-20-8-2-4-11-6-7-13(19)9-15(11)20/h1,3,5-7,9H,2,4,8,10,19H2. The second-order valence-corrected chi connectivity index (χ2v) is 5.91. The van der Waals surface area contributed by atoms with Crippen LogP contribution < -0.4 is 10.6 Å². The number of hydrogen-bond donors (Lipinski definition) is 1. The molecule has 1 aliphatic rings. The highest BCUT2D eigenvalue weighted by Gasteiger charge is 2.18. The van der Waals surface area contributed by atoms with Gasteiger partial charge in [-0.2, -0.15) is 0 Å². The summed E-state index contributed by atoms with van der Waals surface area (Å²) in [6.45, 7) is 1.77. The number of nitrogens with two attached hydrogens (primary N) is 1. The van der Waals surface area contributed by atoms with Crippen molar-refractivity contribution in [2.45, 2.75) is 19.4 Å². The molecule has 1 aliphatic heterocycles. The number of benzene rings is 2. The van der Waals surface area contributed by atoms with Gasteiger partial charge in [0.05, 0.1) is 10.0 Å². The first-order valence-corrected chi connectivity index (χ1v) is 7.47. The monoisotopic (exact) mass is 306 g/mol. The van der Waals surface area contributed by atoms with Gasteiger partial charge in [0.25, 0.3) is 0 Å². The van der Waals surface area contributed by atoms with Crippen molar-refractivity contribution >= 4 is 34.6 Å². The minimum atomic E-state index is 0.606. The first-order valence-electron chi connectivity index (χ1n) is 6.71. The molecule has 2 aromatic rings. The van der Waals surface area contributed by atoms with Crippen LogP contribution in [0.2, 0.25) is 10.0 Å². The molecule has 0 unspecified atom stereocenters. The summed E-state index contributed by atoms with van der Waals surface area (Å²) >= 11 is 12.4. The van der Waals surface area contributed by atoms with Gasteiger partial charge in [0, 0.05) is 24.5 Å². The molecule has 20 heavy (non-hydrogen) atoms. The van der Waals surface area contributed by atoms with Crippen LogP contribution in [-0.4, -0.2) is 6.54 Å². The lowest BCUT2D eigenvalue weighted by Gasteiger charge is -2.32. The quantitative estimate of drug-likeness (QED) is 0.826. The Morgan fingerprint density at radius 3 is 2.85 bits per heavy atom. The average molecular weight is 307 g/mol. The smallest absolute Gasteiger partial charge is 0.0642 e. The zero-order valence-electron chi connectivity index (χ0n) is 11.1. The highest BCUT2D eigenvalue weighted by atomic mass is 35.5. The van der Waals surface area contributed by atoms with Crippen molar-refractivity contribution in [1.82, 2.24) is 0 Å². The molecule has 0 aromatic heterocycles. The molecular formula is C16H16Cl2N2. The van der Waals surface area contributed by atoms with E-state index >= 15 is 0 Å².